The molecule has 1 rings (SSSR count). The second-order valence-electron chi connectivity index (χ2n) is 4.99. The fourth-order valence-electron chi connectivity index (χ4n) is 1.87. The maximum Gasteiger partial charge on any atom is 0.323 e. The minimum absolute atomic E-state index is 0.137. The van der Waals surface area contributed by atoms with Gasteiger partial charge in [0.25, 0.3) is 5.91 Å². The van der Waals surface area contributed by atoms with E-state index in [1.807, 2.05) is 13.8 Å². The molecule has 4 nitrogen and oxygen atoms in total. The molecule has 0 radical (unpaired) electrons. The summed E-state index contributed by atoms with van der Waals surface area (Å²) in [5, 5.41) is 8.83. The van der Waals surface area contributed by atoms with Gasteiger partial charge in [-0.05, 0) is 36.6 Å². The van der Waals surface area contributed by atoms with Gasteiger partial charge in [-0.1, -0.05) is 13.8 Å². The molecule has 0 saturated heterocycles. The summed E-state index contributed by atoms with van der Waals surface area (Å²) in [4.78, 5) is 24.2. The maximum atomic E-state index is 13.3. The van der Waals surface area contributed by atoms with Gasteiger partial charge in [-0.25, -0.2) is 4.39 Å². The third-order valence-electron chi connectivity index (χ3n) is 2.49. The highest BCUT2D eigenvalue weighted by atomic mass is 19.1. The van der Waals surface area contributed by atoms with Crippen molar-refractivity contribution in [2.75, 3.05) is 13.1 Å². The highest BCUT2D eigenvalue weighted by Gasteiger charge is 2.20. The van der Waals surface area contributed by atoms with Gasteiger partial charge in [0.05, 0.1) is 0 Å². The summed E-state index contributed by atoms with van der Waals surface area (Å²) in [6.07, 6.45) is 0. The molecular formula is C14H18FNO3. The summed E-state index contributed by atoms with van der Waals surface area (Å²) in [6.45, 7) is 5.40. The number of nitrogens with zero attached hydrogens (tertiary/aromatic N) is 1. The smallest absolute Gasteiger partial charge is 0.323 e. The summed E-state index contributed by atoms with van der Waals surface area (Å²) in [5.41, 5.74) is 0.808. The Balaban J connectivity index is 3.00. The first-order valence-corrected chi connectivity index (χ1v) is 6.08. The van der Waals surface area contributed by atoms with Crippen LogP contribution in [0.15, 0.2) is 18.2 Å². The van der Waals surface area contributed by atoms with Crippen LogP contribution in [-0.4, -0.2) is 35.0 Å². The molecule has 0 fully saturated rings. The molecular weight excluding hydrogens is 249 g/mol. The molecule has 5 heteroatoms. The highest BCUT2D eigenvalue weighted by molar-refractivity contribution is 5.96. The van der Waals surface area contributed by atoms with Gasteiger partial charge in [0, 0.05) is 12.1 Å². The molecule has 1 aromatic carbocycles. The summed E-state index contributed by atoms with van der Waals surface area (Å²) < 4.78 is 13.3. The first-order valence-electron chi connectivity index (χ1n) is 6.08. The highest BCUT2D eigenvalue weighted by Crippen LogP contribution is 2.12. The van der Waals surface area contributed by atoms with Crippen molar-refractivity contribution >= 4 is 11.9 Å². The molecule has 0 aliphatic rings. The van der Waals surface area contributed by atoms with E-state index in [4.69, 9.17) is 5.11 Å². The van der Waals surface area contributed by atoms with E-state index in [1.165, 1.54) is 11.0 Å². The number of rotatable bonds is 5. The van der Waals surface area contributed by atoms with E-state index in [-0.39, 0.29) is 18.0 Å². The monoisotopic (exact) mass is 267 g/mol. The van der Waals surface area contributed by atoms with Crippen LogP contribution in [0.2, 0.25) is 0 Å². The second kappa shape index (κ2) is 6.31. The van der Waals surface area contributed by atoms with Crippen LogP contribution in [0.4, 0.5) is 4.39 Å². The lowest BCUT2D eigenvalue weighted by molar-refractivity contribution is -0.137. The van der Waals surface area contributed by atoms with Gasteiger partial charge in [-0.3, -0.25) is 9.59 Å². The number of hydrogen-bond donors (Lipinski definition) is 1. The molecule has 1 amide bonds. The van der Waals surface area contributed by atoms with E-state index in [0.717, 1.165) is 6.07 Å². The Morgan fingerprint density at radius 1 is 1.32 bits per heavy atom. The zero-order chi connectivity index (χ0) is 14.6. The van der Waals surface area contributed by atoms with Gasteiger partial charge >= 0.3 is 5.97 Å². The number of carbonyl (C=O) groups excluding carboxylic acids is 1. The molecule has 0 spiro atoms. The van der Waals surface area contributed by atoms with Crippen molar-refractivity contribution in [2.45, 2.75) is 20.8 Å². The van der Waals surface area contributed by atoms with Gasteiger partial charge in [0.1, 0.15) is 12.4 Å². The average molecular weight is 267 g/mol. The summed E-state index contributed by atoms with van der Waals surface area (Å²) >= 11 is 0. The number of carbonyl (C=O) groups is 2. The Kier molecular flexibility index (Phi) is 5.03. The van der Waals surface area contributed by atoms with Crippen molar-refractivity contribution in [1.29, 1.82) is 0 Å². The predicted molar refractivity (Wildman–Crippen MR) is 69.5 cm³/mol. The summed E-state index contributed by atoms with van der Waals surface area (Å²) in [7, 11) is 0. The van der Waals surface area contributed by atoms with E-state index in [0.29, 0.717) is 12.1 Å². The lowest BCUT2D eigenvalue weighted by Gasteiger charge is -2.23. The largest absolute Gasteiger partial charge is 0.480 e. The van der Waals surface area contributed by atoms with E-state index in [1.54, 1.807) is 13.0 Å². The zero-order valence-corrected chi connectivity index (χ0v) is 11.3. The molecule has 0 unspecified atom stereocenters. The van der Waals surface area contributed by atoms with Crippen LogP contribution >= 0.6 is 0 Å². The van der Waals surface area contributed by atoms with Gasteiger partial charge in [0.2, 0.25) is 0 Å². The molecule has 0 saturated carbocycles. The molecule has 1 N–H and O–H groups in total. The number of hydrogen-bond acceptors (Lipinski definition) is 2. The number of aliphatic carboxylic acids is 1. The molecule has 19 heavy (non-hydrogen) atoms. The van der Waals surface area contributed by atoms with Crippen LogP contribution < -0.4 is 0 Å². The van der Waals surface area contributed by atoms with Crippen LogP contribution in [0.25, 0.3) is 0 Å². The number of carboxylic acid groups (broad SMARTS) is 1. The van der Waals surface area contributed by atoms with Crippen molar-refractivity contribution in [1.82, 2.24) is 4.90 Å². The number of carboxylic acids is 1. The van der Waals surface area contributed by atoms with Crippen LogP contribution in [0.5, 0.6) is 0 Å². The number of benzene rings is 1. The second-order valence-corrected chi connectivity index (χ2v) is 4.99. The summed E-state index contributed by atoms with van der Waals surface area (Å²) in [6, 6.07) is 4.01. The van der Waals surface area contributed by atoms with Crippen LogP contribution in [0, 0.1) is 18.7 Å². The van der Waals surface area contributed by atoms with Crippen molar-refractivity contribution in [3.8, 4) is 0 Å². The number of halogens is 1. The molecule has 0 aromatic heterocycles. The Morgan fingerprint density at radius 2 is 1.95 bits per heavy atom. The molecule has 0 aliphatic carbocycles. The average Bonchev–Trinajstić information content (AvgIpc) is 2.24. The predicted octanol–water partition coefficient (Wildman–Crippen LogP) is 2.32. The minimum Gasteiger partial charge on any atom is -0.480 e. The maximum absolute atomic E-state index is 13.3. The molecule has 0 bridgehead atoms. The summed E-state index contributed by atoms with van der Waals surface area (Å²) in [5.74, 6) is -1.90. The zero-order valence-electron chi connectivity index (χ0n) is 11.3. The molecule has 104 valence electrons. The Morgan fingerprint density at radius 3 is 2.42 bits per heavy atom. The lowest BCUT2D eigenvalue weighted by atomic mass is 10.1. The van der Waals surface area contributed by atoms with Gasteiger partial charge in [-0.2, -0.15) is 0 Å². The fraction of sp³-hybridized carbons (Fsp3) is 0.429. The number of amides is 1. The van der Waals surface area contributed by atoms with Gasteiger partial charge in [-0.15, -0.1) is 0 Å². The van der Waals surface area contributed by atoms with E-state index in [2.05, 4.69) is 0 Å². The number of aryl methyl sites for hydroxylation is 1. The Hall–Kier alpha value is -1.91. The molecule has 0 aliphatic heterocycles. The Bertz CT molecular complexity index is 465. The van der Waals surface area contributed by atoms with Gasteiger partial charge < -0.3 is 10.0 Å². The van der Waals surface area contributed by atoms with Crippen LogP contribution in [-0.2, 0) is 4.79 Å². The van der Waals surface area contributed by atoms with Crippen molar-refractivity contribution < 1.29 is 19.1 Å². The third kappa shape index (κ3) is 4.69. The van der Waals surface area contributed by atoms with Gasteiger partial charge in [0.15, 0.2) is 0 Å². The van der Waals surface area contributed by atoms with E-state index >= 15 is 0 Å². The van der Waals surface area contributed by atoms with Crippen molar-refractivity contribution in [3.63, 3.8) is 0 Å². The van der Waals surface area contributed by atoms with Crippen LogP contribution in [0.3, 0.4) is 0 Å². The molecule has 0 atom stereocenters. The van der Waals surface area contributed by atoms with E-state index < -0.39 is 17.7 Å². The first kappa shape index (κ1) is 15.1. The lowest BCUT2D eigenvalue weighted by Crippen LogP contribution is -2.38. The third-order valence-corrected chi connectivity index (χ3v) is 2.49. The van der Waals surface area contributed by atoms with Crippen molar-refractivity contribution in [2.24, 2.45) is 5.92 Å². The minimum atomic E-state index is -1.08. The Labute approximate surface area is 111 Å². The first-order chi connectivity index (χ1) is 8.79. The molecule has 1 aromatic rings. The van der Waals surface area contributed by atoms with Crippen molar-refractivity contribution in [3.05, 3.63) is 35.1 Å². The SMILES string of the molecule is Cc1cc(F)cc(C(=O)N(CC(=O)O)CC(C)C)c1. The quantitative estimate of drug-likeness (QED) is 0.890. The normalized spacial score (nSPS) is 10.6. The fourth-order valence-corrected chi connectivity index (χ4v) is 1.87. The topological polar surface area (TPSA) is 57.6 Å². The standard InChI is InChI=1S/C14H18FNO3/c1-9(2)7-16(8-13(17)18)14(19)11-4-10(3)5-12(15)6-11/h4-6,9H,7-8H2,1-3H3,(H,17,18). The van der Waals surface area contributed by atoms with Crippen LogP contribution in [0.1, 0.15) is 29.8 Å². The molecule has 0 heterocycles. The van der Waals surface area contributed by atoms with E-state index in [9.17, 15) is 14.0 Å².